The molecule has 0 unspecified atom stereocenters. The zero-order valence-corrected chi connectivity index (χ0v) is 12.8. The van der Waals surface area contributed by atoms with Crippen LogP contribution in [0.25, 0.3) is 0 Å². The first kappa shape index (κ1) is 15.7. The third-order valence-electron chi connectivity index (χ3n) is 2.24. The van der Waals surface area contributed by atoms with Crippen LogP contribution in [-0.4, -0.2) is 17.3 Å². The molecule has 94 valence electrons. The van der Waals surface area contributed by atoms with Gasteiger partial charge >= 0.3 is 108 Å². The topological polar surface area (TPSA) is 38.3 Å². The van der Waals surface area contributed by atoms with Crippen LogP contribution >= 0.6 is 0 Å². The number of hydrogen-bond donors (Lipinski definition) is 1. The summed E-state index contributed by atoms with van der Waals surface area (Å²) in [6, 6.07) is 0. The van der Waals surface area contributed by atoms with E-state index >= 15 is 0 Å². The molecule has 1 amide bonds. The number of unbranched alkanes of at least 4 members (excludes halogenated alkanes) is 2. The number of nitrogens with one attached hydrogen (secondary N) is 1. The van der Waals surface area contributed by atoms with Gasteiger partial charge in [0, 0.05) is 0 Å². The van der Waals surface area contributed by atoms with Crippen molar-refractivity contribution in [1.29, 1.82) is 0 Å². The summed E-state index contributed by atoms with van der Waals surface area (Å²) >= 11 is 1.67. The van der Waals surface area contributed by atoms with Crippen LogP contribution in [0.1, 0.15) is 46.5 Å². The van der Waals surface area contributed by atoms with Crippen LogP contribution in [0.15, 0.2) is 11.3 Å². The first-order valence-electron chi connectivity index (χ1n) is 5.71. The van der Waals surface area contributed by atoms with Gasteiger partial charge in [0.25, 0.3) is 0 Å². The molecule has 4 heteroatoms. The second-order valence-corrected chi connectivity index (χ2v) is 4.72. The molecule has 0 rings (SSSR count). The summed E-state index contributed by atoms with van der Waals surface area (Å²) in [4.78, 5) is 10.5. The molecule has 0 heterocycles. The summed E-state index contributed by atoms with van der Waals surface area (Å²) in [5.41, 5.74) is 2.05. The fourth-order valence-electron chi connectivity index (χ4n) is 1.36. The quantitative estimate of drug-likeness (QED) is 0.476. The first-order valence-corrected chi connectivity index (χ1v) is 6.98. The third kappa shape index (κ3) is 6.30. The Morgan fingerprint density at radius 2 is 2.06 bits per heavy atom. The molecule has 0 atom stereocenters. The zero-order chi connectivity index (χ0) is 12.4. The van der Waals surface area contributed by atoms with Crippen molar-refractivity contribution in [2.75, 3.05) is 6.61 Å². The average molecular weight is 402 g/mol. The van der Waals surface area contributed by atoms with Crippen LogP contribution in [0.3, 0.4) is 0 Å². The first-order chi connectivity index (χ1) is 7.67. The second-order valence-electron chi connectivity index (χ2n) is 3.57. The van der Waals surface area contributed by atoms with Crippen molar-refractivity contribution in [3.05, 3.63) is 11.3 Å². The Morgan fingerprint density at radius 3 is 2.56 bits per heavy atom. The minimum absolute atomic E-state index is 0.630. The van der Waals surface area contributed by atoms with E-state index in [-0.39, 0.29) is 0 Å². The summed E-state index contributed by atoms with van der Waals surface area (Å²) in [7, 11) is 0. The molecule has 3 nitrogen and oxygen atoms in total. The number of carbonyl (C=O) groups is 1. The van der Waals surface area contributed by atoms with Crippen LogP contribution in [-0.2, 0) is 27.7 Å². The summed E-state index contributed by atoms with van der Waals surface area (Å²) in [6.45, 7) is 6.81. The van der Waals surface area contributed by atoms with E-state index in [1.54, 1.807) is 18.1 Å². The second kappa shape index (κ2) is 9.87. The van der Waals surface area contributed by atoms with E-state index in [4.69, 9.17) is 4.74 Å². The van der Waals surface area contributed by atoms with Crippen LogP contribution < -0.4 is 5.32 Å². The van der Waals surface area contributed by atoms with Gasteiger partial charge in [-0.25, -0.2) is 0 Å². The number of amides is 1. The van der Waals surface area contributed by atoms with Gasteiger partial charge in [0.1, 0.15) is 0 Å². The van der Waals surface area contributed by atoms with E-state index in [1.807, 2.05) is 6.92 Å². The van der Waals surface area contributed by atoms with Crippen molar-refractivity contribution >= 4 is 10.7 Å². The Kier molecular flexibility index (Phi) is 9.67. The van der Waals surface area contributed by atoms with Crippen molar-refractivity contribution in [2.45, 2.75) is 46.5 Å². The standard InChI is InChI=1S/C12H21NO2.Os/c1-4-6-7-8-11(3)12(13-10-14)9-15-5-2;/h10H,4-8H2,1-3H3,(H,13,14);/b12-11-;. The van der Waals surface area contributed by atoms with Gasteiger partial charge < -0.3 is 0 Å². The van der Waals surface area contributed by atoms with E-state index in [9.17, 15) is 4.79 Å². The molecule has 0 aromatic carbocycles. The number of carbonyl (C=O) groups excluding carboxylic acids is 1. The molecule has 0 aromatic rings. The summed E-state index contributed by atoms with van der Waals surface area (Å²) in [5.74, 6) is 0. The van der Waals surface area contributed by atoms with E-state index in [1.165, 1.54) is 18.4 Å². The molecule has 0 fully saturated rings. The SMILES string of the molecule is CCCCC/C(C)=C(\NC=O)[C](=[Os])OCC. The average Bonchev–Trinajstić information content (AvgIpc) is 2.26. The normalized spacial score (nSPS) is 12.0. The van der Waals surface area contributed by atoms with Crippen LogP contribution in [0.5, 0.6) is 0 Å². The predicted octanol–water partition coefficient (Wildman–Crippen LogP) is 2.30. The molecular formula is C12H21NO2Os. The van der Waals surface area contributed by atoms with E-state index < -0.39 is 0 Å². The molecule has 0 aliphatic carbocycles. The van der Waals surface area contributed by atoms with E-state index in [0.717, 1.165) is 22.8 Å². The van der Waals surface area contributed by atoms with Gasteiger partial charge in [-0.1, -0.05) is 0 Å². The fraction of sp³-hybridized carbons (Fsp3) is 0.667. The summed E-state index contributed by atoms with van der Waals surface area (Å²) in [5, 5.41) is 2.74. The van der Waals surface area contributed by atoms with Crippen molar-refractivity contribution in [1.82, 2.24) is 5.32 Å². The number of ether oxygens (including phenoxy) is 1. The van der Waals surface area contributed by atoms with Crippen LogP contribution in [0.2, 0.25) is 0 Å². The minimum atomic E-state index is 0.630. The Balaban J connectivity index is 4.50. The molecule has 0 spiro atoms. The Labute approximate surface area is 108 Å². The van der Waals surface area contributed by atoms with Crippen LogP contribution in [0, 0.1) is 0 Å². The van der Waals surface area contributed by atoms with Crippen molar-refractivity contribution in [2.24, 2.45) is 0 Å². The van der Waals surface area contributed by atoms with Gasteiger partial charge in [0.2, 0.25) is 0 Å². The van der Waals surface area contributed by atoms with Gasteiger partial charge in [-0.05, 0) is 0 Å². The molecule has 0 bridgehead atoms. The van der Waals surface area contributed by atoms with E-state index in [0.29, 0.717) is 13.0 Å². The summed E-state index contributed by atoms with van der Waals surface area (Å²) in [6.07, 6.45) is 5.32. The Bertz CT molecular complexity index is 262. The molecule has 1 N–H and O–H groups in total. The zero-order valence-electron chi connectivity index (χ0n) is 10.3. The van der Waals surface area contributed by atoms with Gasteiger partial charge in [-0.15, -0.1) is 0 Å². The molecule has 0 saturated carbocycles. The molecule has 0 aliphatic heterocycles. The molecule has 16 heavy (non-hydrogen) atoms. The van der Waals surface area contributed by atoms with E-state index in [2.05, 4.69) is 19.2 Å². The van der Waals surface area contributed by atoms with Crippen LogP contribution in [0.4, 0.5) is 0 Å². The molecule has 0 aliphatic rings. The van der Waals surface area contributed by atoms with Gasteiger partial charge in [-0.2, -0.15) is 0 Å². The summed E-state index contributed by atoms with van der Waals surface area (Å²) < 4.78 is 6.26. The van der Waals surface area contributed by atoms with Crippen molar-refractivity contribution < 1.29 is 27.7 Å². The molecular weight excluding hydrogens is 380 g/mol. The van der Waals surface area contributed by atoms with Gasteiger partial charge in [0.15, 0.2) is 0 Å². The Morgan fingerprint density at radius 1 is 1.38 bits per heavy atom. The molecule has 0 radical (unpaired) electrons. The fourth-order valence-corrected chi connectivity index (χ4v) is 2.45. The maximum atomic E-state index is 10.5. The van der Waals surface area contributed by atoms with Crippen molar-refractivity contribution in [3.8, 4) is 0 Å². The molecule has 0 saturated heterocycles. The molecule has 0 aromatic heterocycles. The van der Waals surface area contributed by atoms with Gasteiger partial charge in [0.05, 0.1) is 0 Å². The monoisotopic (exact) mass is 403 g/mol. The number of allylic oxidation sites excluding steroid dienone is 1. The Hall–Kier alpha value is -0.324. The van der Waals surface area contributed by atoms with Gasteiger partial charge in [-0.3, -0.25) is 0 Å². The predicted molar refractivity (Wildman–Crippen MR) is 62.7 cm³/mol. The maximum absolute atomic E-state index is 10.5. The number of rotatable bonds is 9. The third-order valence-corrected chi connectivity index (χ3v) is 3.25. The van der Waals surface area contributed by atoms with Crippen molar-refractivity contribution in [3.63, 3.8) is 0 Å². The number of hydrogen-bond acceptors (Lipinski definition) is 2.